The van der Waals surface area contributed by atoms with E-state index in [2.05, 4.69) is 32.0 Å². The molecule has 0 heterocycles. The summed E-state index contributed by atoms with van der Waals surface area (Å²) in [5, 5.41) is 0. The Morgan fingerprint density at radius 3 is 2.53 bits per heavy atom. The van der Waals surface area contributed by atoms with E-state index in [1.54, 1.807) is 0 Å². The third kappa shape index (κ3) is 4.45. The third-order valence-electron chi connectivity index (χ3n) is 2.24. The Morgan fingerprint density at radius 2 is 1.93 bits per heavy atom. The zero-order valence-electron chi connectivity index (χ0n) is 10.1. The van der Waals surface area contributed by atoms with Gasteiger partial charge in [-0.05, 0) is 38.8 Å². The summed E-state index contributed by atoms with van der Waals surface area (Å²) in [6.45, 7) is 9.36. The van der Waals surface area contributed by atoms with Crippen molar-refractivity contribution in [2.45, 2.75) is 39.8 Å². The molecule has 1 aromatic rings. The Labute approximate surface area is 92.4 Å². The van der Waals surface area contributed by atoms with E-state index in [1.807, 2.05) is 13.8 Å². The topological polar surface area (TPSA) is 35.2 Å². The molecule has 1 aromatic carbocycles. The predicted molar refractivity (Wildman–Crippen MR) is 63.8 cm³/mol. The highest BCUT2D eigenvalue weighted by molar-refractivity contribution is 5.29. The van der Waals surface area contributed by atoms with E-state index in [9.17, 15) is 0 Å². The summed E-state index contributed by atoms with van der Waals surface area (Å²) in [4.78, 5) is 0. The lowest BCUT2D eigenvalue weighted by Crippen LogP contribution is -2.37. The second-order valence-electron chi connectivity index (χ2n) is 4.91. The highest BCUT2D eigenvalue weighted by Crippen LogP contribution is 2.12. The molecule has 0 aliphatic rings. The van der Waals surface area contributed by atoms with Gasteiger partial charge in [-0.2, -0.15) is 0 Å². The highest BCUT2D eigenvalue weighted by atomic mass is 16.5. The summed E-state index contributed by atoms with van der Waals surface area (Å²) in [5.41, 5.74) is 9.38. The first-order chi connectivity index (χ1) is 6.88. The third-order valence-corrected chi connectivity index (χ3v) is 2.24. The fraction of sp³-hybridized carbons (Fsp3) is 0.538. The fourth-order valence-corrected chi connectivity index (χ4v) is 1.38. The first-order valence-corrected chi connectivity index (χ1v) is 5.31. The molecule has 0 bridgehead atoms. The van der Waals surface area contributed by atoms with E-state index in [0.29, 0.717) is 13.2 Å². The van der Waals surface area contributed by atoms with Gasteiger partial charge in [0.05, 0.1) is 13.2 Å². The molecule has 0 aliphatic heterocycles. The van der Waals surface area contributed by atoms with Gasteiger partial charge in [0.1, 0.15) is 0 Å². The largest absolute Gasteiger partial charge is 0.375 e. The van der Waals surface area contributed by atoms with Crippen LogP contribution in [0.15, 0.2) is 18.2 Å². The number of ether oxygens (including phenoxy) is 1. The summed E-state index contributed by atoms with van der Waals surface area (Å²) in [6.07, 6.45) is 0. The van der Waals surface area contributed by atoms with Crippen molar-refractivity contribution in [2.75, 3.05) is 6.61 Å². The average molecular weight is 207 g/mol. The molecule has 0 spiro atoms. The maximum Gasteiger partial charge on any atom is 0.0720 e. The normalized spacial score (nSPS) is 11.8. The summed E-state index contributed by atoms with van der Waals surface area (Å²) < 4.78 is 5.59. The molecule has 2 N–H and O–H groups in total. The summed E-state index contributed by atoms with van der Waals surface area (Å²) in [5.74, 6) is 0. The van der Waals surface area contributed by atoms with Crippen molar-refractivity contribution in [3.63, 3.8) is 0 Å². The van der Waals surface area contributed by atoms with E-state index < -0.39 is 0 Å². The molecule has 0 amide bonds. The Morgan fingerprint density at radius 1 is 1.27 bits per heavy atom. The van der Waals surface area contributed by atoms with Gasteiger partial charge in [0.2, 0.25) is 0 Å². The van der Waals surface area contributed by atoms with Gasteiger partial charge >= 0.3 is 0 Å². The maximum atomic E-state index is 5.84. The van der Waals surface area contributed by atoms with Crippen molar-refractivity contribution in [3.05, 3.63) is 34.9 Å². The Kier molecular flexibility index (Phi) is 3.89. The molecule has 0 aliphatic carbocycles. The minimum absolute atomic E-state index is 0.252. The molecule has 0 radical (unpaired) electrons. The van der Waals surface area contributed by atoms with Crippen LogP contribution in [0.25, 0.3) is 0 Å². The molecular formula is C13H21NO. The van der Waals surface area contributed by atoms with Crippen LogP contribution >= 0.6 is 0 Å². The van der Waals surface area contributed by atoms with Crippen LogP contribution in [0.1, 0.15) is 30.5 Å². The van der Waals surface area contributed by atoms with E-state index >= 15 is 0 Å². The van der Waals surface area contributed by atoms with Gasteiger partial charge in [-0.15, -0.1) is 0 Å². The number of benzene rings is 1. The summed E-state index contributed by atoms with van der Waals surface area (Å²) >= 11 is 0. The van der Waals surface area contributed by atoms with Crippen LogP contribution in [0.3, 0.4) is 0 Å². The molecule has 0 saturated heterocycles. The molecular weight excluding hydrogens is 186 g/mol. The van der Waals surface area contributed by atoms with Crippen molar-refractivity contribution in [2.24, 2.45) is 5.73 Å². The molecule has 0 saturated carbocycles. The van der Waals surface area contributed by atoms with E-state index in [1.165, 1.54) is 16.7 Å². The van der Waals surface area contributed by atoms with Crippen molar-refractivity contribution in [1.29, 1.82) is 0 Å². The van der Waals surface area contributed by atoms with Gasteiger partial charge in [0, 0.05) is 5.54 Å². The molecule has 0 unspecified atom stereocenters. The van der Waals surface area contributed by atoms with Crippen LogP contribution < -0.4 is 5.73 Å². The monoisotopic (exact) mass is 207 g/mol. The molecule has 0 fully saturated rings. The Bertz CT molecular complexity index is 326. The van der Waals surface area contributed by atoms with Gasteiger partial charge in [0.15, 0.2) is 0 Å². The lowest BCUT2D eigenvalue weighted by Gasteiger charge is -2.18. The maximum absolute atomic E-state index is 5.84. The highest BCUT2D eigenvalue weighted by Gasteiger charge is 2.10. The fourth-order valence-electron chi connectivity index (χ4n) is 1.38. The van der Waals surface area contributed by atoms with Gasteiger partial charge in [0.25, 0.3) is 0 Å². The lowest BCUT2D eigenvalue weighted by molar-refractivity contribution is 0.0847. The van der Waals surface area contributed by atoms with Gasteiger partial charge in [-0.3, -0.25) is 0 Å². The van der Waals surface area contributed by atoms with Gasteiger partial charge in [-0.1, -0.05) is 23.8 Å². The number of aryl methyl sites for hydroxylation is 2. The SMILES string of the molecule is Cc1ccc(C)c(COCC(C)(C)N)c1. The Hall–Kier alpha value is -0.860. The number of hydrogen-bond donors (Lipinski definition) is 1. The molecule has 2 nitrogen and oxygen atoms in total. The van der Waals surface area contributed by atoms with Crippen LogP contribution in [0, 0.1) is 13.8 Å². The molecule has 1 rings (SSSR count). The first kappa shape index (κ1) is 12.2. The molecule has 15 heavy (non-hydrogen) atoms. The number of nitrogens with two attached hydrogens (primary N) is 1. The van der Waals surface area contributed by atoms with Crippen LogP contribution in [0.5, 0.6) is 0 Å². The zero-order chi connectivity index (χ0) is 11.5. The number of rotatable bonds is 4. The minimum atomic E-state index is -0.252. The van der Waals surface area contributed by atoms with Gasteiger partial charge < -0.3 is 10.5 Å². The standard InChI is InChI=1S/C13H21NO/c1-10-5-6-11(2)12(7-10)8-15-9-13(3,4)14/h5-7H,8-9,14H2,1-4H3. The van der Waals surface area contributed by atoms with E-state index in [4.69, 9.17) is 10.5 Å². The number of hydrogen-bond acceptors (Lipinski definition) is 2. The van der Waals surface area contributed by atoms with Gasteiger partial charge in [-0.25, -0.2) is 0 Å². The lowest BCUT2D eigenvalue weighted by atomic mass is 10.1. The van der Waals surface area contributed by atoms with Crippen LogP contribution in [0.2, 0.25) is 0 Å². The van der Waals surface area contributed by atoms with Crippen LogP contribution in [0.4, 0.5) is 0 Å². The molecule has 2 heteroatoms. The van der Waals surface area contributed by atoms with Crippen LogP contribution in [-0.2, 0) is 11.3 Å². The van der Waals surface area contributed by atoms with Crippen molar-refractivity contribution < 1.29 is 4.74 Å². The van der Waals surface area contributed by atoms with Crippen molar-refractivity contribution in [3.8, 4) is 0 Å². The van der Waals surface area contributed by atoms with Crippen molar-refractivity contribution >= 4 is 0 Å². The molecule has 0 atom stereocenters. The quantitative estimate of drug-likeness (QED) is 0.823. The molecule has 84 valence electrons. The summed E-state index contributed by atoms with van der Waals surface area (Å²) in [6, 6.07) is 6.41. The Balaban J connectivity index is 2.54. The second kappa shape index (κ2) is 4.77. The predicted octanol–water partition coefficient (Wildman–Crippen LogP) is 2.56. The average Bonchev–Trinajstić information content (AvgIpc) is 2.09. The van der Waals surface area contributed by atoms with Crippen LogP contribution in [-0.4, -0.2) is 12.1 Å². The molecule has 0 aromatic heterocycles. The summed E-state index contributed by atoms with van der Waals surface area (Å²) in [7, 11) is 0. The second-order valence-corrected chi connectivity index (χ2v) is 4.91. The smallest absolute Gasteiger partial charge is 0.0720 e. The van der Waals surface area contributed by atoms with E-state index in [-0.39, 0.29) is 5.54 Å². The van der Waals surface area contributed by atoms with E-state index in [0.717, 1.165) is 0 Å². The minimum Gasteiger partial charge on any atom is -0.375 e. The zero-order valence-corrected chi connectivity index (χ0v) is 10.1. The first-order valence-electron chi connectivity index (χ1n) is 5.31. The van der Waals surface area contributed by atoms with Crippen molar-refractivity contribution in [1.82, 2.24) is 0 Å².